The van der Waals surface area contributed by atoms with Crippen LogP contribution in [0.15, 0.2) is 194 Å². The first-order valence-electron chi connectivity index (χ1n) is 18.5. The van der Waals surface area contributed by atoms with Crippen LogP contribution in [0.1, 0.15) is 0 Å². The van der Waals surface area contributed by atoms with Crippen molar-refractivity contribution < 1.29 is 9.47 Å². The van der Waals surface area contributed by atoms with Gasteiger partial charge >= 0.3 is 0 Å². The van der Waals surface area contributed by atoms with E-state index in [2.05, 4.69) is 193 Å². The Balaban J connectivity index is 1.18. The van der Waals surface area contributed by atoms with Crippen molar-refractivity contribution in [2.45, 2.75) is 0 Å². The lowest BCUT2D eigenvalue weighted by Gasteiger charge is -2.36. The maximum atomic E-state index is 6.97. The van der Waals surface area contributed by atoms with Crippen molar-refractivity contribution in [1.82, 2.24) is 0 Å². The Morgan fingerprint density at radius 3 is 1.65 bits per heavy atom. The van der Waals surface area contributed by atoms with Crippen LogP contribution in [0.5, 0.6) is 23.0 Å². The smallest absolute Gasteiger partial charge is 0.261 e. The van der Waals surface area contributed by atoms with Gasteiger partial charge in [-0.1, -0.05) is 146 Å². The standard InChI is InChI=1S/C50H32BNO2/c1-4-16-33(17-5-1)34-18-14-19-35(30-34)42-31-43-50(41-27-13-10-24-38(41)42)54-46-29-15-28-45-49(46)51(43)48-40-26-12-11-25-39(40)44(32-47(48)53-45)52(36-20-6-2-7-21-36)37-22-8-3-9-23-37/h1-32H. The molecular weight excluding hydrogens is 657 g/mol. The SMILES string of the molecule is c1ccc(-c2cccc(-c3cc4c(c5ccccc35)Oc3cccc5c3B4c3c(cc(N(c4ccccc4)c4ccccc4)c4ccccc34)O5)c2)cc1. The molecule has 0 spiro atoms. The van der Waals surface area contributed by atoms with Gasteiger partial charge in [0.2, 0.25) is 0 Å². The second-order valence-electron chi connectivity index (χ2n) is 14.0. The van der Waals surface area contributed by atoms with Crippen molar-refractivity contribution >= 4 is 61.7 Å². The monoisotopic (exact) mass is 689 g/mol. The molecule has 0 atom stereocenters. The molecule has 9 aromatic carbocycles. The minimum absolute atomic E-state index is 0.120. The maximum Gasteiger partial charge on any atom is 0.261 e. The summed E-state index contributed by atoms with van der Waals surface area (Å²) in [6.45, 7) is -0.120. The predicted octanol–water partition coefficient (Wildman–Crippen LogP) is 11.5. The zero-order valence-corrected chi connectivity index (χ0v) is 29.3. The van der Waals surface area contributed by atoms with E-state index in [1.54, 1.807) is 0 Å². The van der Waals surface area contributed by atoms with Gasteiger partial charge < -0.3 is 14.4 Å². The number of ether oxygens (including phenoxy) is 2. The third-order valence-corrected chi connectivity index (χ3v) is 10.9. The molecule has 2 aliphatic heterocycles. The zero-order chi connectivity index (χ0) is 35.6. The molecule has 11 rings (SSSR count). The summed E-state index contributed by atoms with van der Waals surface area (Å²) in [6.07, 6.45) is 0. The molecule has 0 unspecified atom stereocenters. The van der Waals surface area contributed by atoms with Gasteiger partial charge in [0.15, 0.2) is 0 Å². The van der Waals surface area contributed by atoms with E-state index in [9.17, 15) is 0 Å². The Kier molecular flexibility index (Phi) is 6.96. The molecular formula is C50H32BNO2. The van der Waals surface area contributed by atoms with Crippen molar-refractivity contribution in [2.75, 3.05) is 4.90 Å². The fourth-order valence-corrected chi connectivity index (χ4v) is 8.61. The van der Waals surface area contributed by atoms with Gasteiger partial charge in [0.25, 0.3) is 6.71 Å². The van der Waals surface area contributed by atoms with E-state index < -0.39 is 0 Å². The molecule has 0 amide bonds. The van der Waals surface area contributed by atoms with Crippen LogP contribution in [-0.2, 0) is 0 Å². The first-order chi connectivity index (χ1) is 26.8. The molecule has 4 heteroatoms. The lowest BCUT2D eigenvalue weighted by molar-refractivity contribution is 0.467. The average molecular weight is 690 g/mol. The molecule has 252 valence electrons. The van der Waals surface area contributed by atoms with Crippen LogP contribution in [0.2, 0.25) is 0 Å². The normalized spacial score (nSPS) is 12.3. The third-order valence-electron chi connectivity index (χ3n) is 10.9. The zero-order valence-electron chi connectivity index (χ0n) is 29.3. The summed E-state index contributed by atoms with van der Waals surface area (Å²) in [4.78, 5) is 2.33. The van der Waals surface area contributed by atoms with Crippen molar-refractivity contribution in [1.29, 1.82) is 0 Å². The highest BCUT2D eigenvalue weighted by Gasteiger charge is 2.42. The third kappa shape index (κ3) is 4.77. The van der Waals surface area contributed by atoms with Crippen molar-refractivity contribution in [3.8, 4) is 45.3 Å². The minimum Gasteiger partial charge on any atom is -0.458 e. The highest BCUT2D eigenvalue weighted by Crippen LogP contribution is 2.45. The number of benzene rings is 9. The Labute approximate surface area is 314 Å². The van der Waals surface area contributed by atoms with Crippen LogP contribution in [0.4, 0.5) is 17.1 Å². The van der Waals surface area contributed by atoms with Gasteiger partial charge in [0.05, 0.1) is 5.69 Å². The molecule has 0 saturated carbocycles. The molecule has 2 heterocycles. The van der Waals surface area contributed by atoms with Crippen LogP contribution in [0, 0.1) is 0 Å². The van der Waals surface area contributed by atoms with Crippen LogP contribution >= 0.6 is 0 Å². The maximum absolute atomic E-state index is 6.97. The number of nitrogens with zero attached hydrogens (tertiary/aromatic N) is 1. The molecule has 3 nitrogen and oxygen atoms in total. The van der Waals surface area contributed by atoms with Crippen LogP contribution in [0.3, 0.4) is 0 Å². The Morgan fingerprint density at radius 1 is 0.370 bits per heavy atom. The van der Waals surface area contributed by atoms with Crippen LogP contribution in [0.25, 0.3) is 43.8 Å². The molecule has 2 aliphatic rings. The topological polar surface area (TPSA) is 21.7 Å². The summed E-state index contributed by atoms with van der Waals surface area (Å²) in [5, 5.41) is 4.56. The molecule has 0 bridgehead atoms. The van der Waals surface area contributed by atoms with E-state index in [0.29, 0.717) is 0 Å². The lowest BCUT2D eigenvalue weighted by atomic mass is 9.34. The average Bonchev–Trinajstić information content (AvgIpc) is 3.24. The van der Waals surface area contributed by atoms with Crippen LogP contribution < -0.4 is 30.8 Å². The summed E-state index contributed by atoms with van der Waals surface area (Å²) in [5.74, 6) is 3.41. The fraction of sp³-hybridized carbons (Fsp3) is 0. The molecule has 0 aromatic heterocycles. The Morgan fingerprint density at radius 2 is 0.926 bits per heavy atom. The highest BCUT2D eigenvalue weighted by molar-refractivity contribution is 6.99. The minimum atomic E-state index is -0.120. The lowest BCUT2D eigenvalue weighted by Crippen LogP contribution is -2.57. The van der Waals surface area contributed by atoms with Gasteiger partial charge in [-0.15, -0.1) is 0 Å². The van der Waals surface area contributed by atoms with Gasteiger partial charge in [0, 0.05) is 33.7 Å². The van der Waals surface area contributed by atoms with Crippen molar-refractivity contribution in [3.05, 3.63) is 194 Å². The van der Waals surface area contributed by atoms with E-state index in [4.69, 9.17) is 9.47 Å². The number of hydrogen-bond donors (Lipinski definition) is 0. The van der Waals surface area contributed by atoms with Gasteiger partial charge in [-0.2, -0.15) is 0 Å². The van der Waals surface area contributed by atoms with E-state index in [1.165, 1.54) is 22.3 Å². The number of fused-ring (bicyclic) bond motifs is 8. The summed E-state index contributed by atoms with van der Waals surface area (Å²) in [7, 11) is 0. The predicted molar refractivity (Wildman–Crippen MR) is 225 cm³/mol. The molecule has 0 N–H and O–H groups in total. The molecule has 0 aliphatic carbocycles. The highest BCUT2D eigenvalue weighted by atomic mass is 16.5. The summed E-state index contributed by atoms with van der Waals surface area (Å²) >= 11 is 0. The van der Waals surface area contributed by atoms with E-state index in [1.807, 2.05) is 6.07 Å². The Bertz CT molecular complexity index is 2850. The van der Waals surface area contributed by atoms with Gasteiger partial charge in [-0.25, -0.2) is 0 Å². The molecule has 0 saturated heterocycles. The van der Waals surface area contributed by atoms with Crippen LogP contribution in [-0.4, -0.2) is 6.71 Å². The molecule has 0 fully saturated rings. The van der Waals surface area contributed by atoms with Crippen molar-refractivity contribution in [3.63, 3.8) is 0 Å². The number of rotatable bonds is 5. The van der Waals surface area contributed by atoms with E-state index in [-0.39, 0.29) is 6.71 Å². The molecule has 0 radical (unpaired) electrons. The fourth-order valence-electron chi connectivity index (χ4n) is 8.61. The number of hydrogen-bond acceptors (Lipinski definition) is 3. The van der Waals surface area contributed by atoms with Gasteiger partial charge in [0.1, 0.15) is 23.0 Å². The number of anilines is 3. The Hall–Kier alpha value is -7.04. The second-order valence-corrected chi connectivity index (χ2v) is 14.0. The summed E-state index contributed by atoms with van der Waals surface area (Å²) in [5.41, 5.74) is 11.3. The quantitative estimate of drug-likeness (QED) is 0.168. The molecule has 54 heavy (non-hydrogen) atoms. The van der Waals surface area contributed by atoms with Crippen molar-refractivity contribution in [2.24, 2.45) is 0 Å². The second kappa shape index (κ2) is 12.3. The van der Waals surface area contributed by atoms with E-state index in [0.717, 1.165) is 78.0 Å². The van der Waals surface area contributed by atoms with Gasteiger partial charge in [-0.05, 0) is 86.4 Å². The first-order valence-corrected chi connectivity index (χ1v) is 18.5. The van der Waals surface area contributed by atoms with E-state index >= 15 is 0 Å². The summed E-state index contributed by atoms with van der Waals surface area (Å²) < 4.78 is 13.9. The molecule has 9 aromatic rings. The largest absolute Gasteiger partial charge is 0.458 e. The first kappa shape index (κ1) is 30.6. The number of para-hydroxylation sites is 2. The summed E-state index contributed by atoms with van der Waals surface area (Å²) in [6, 6.07) is 68.9. The van der Waals surface area contributed by atoms with Gasteiger partial charge in [-0.3, -0.25) is 0 Å².